The van der Waals surface area contributed by atoms with Gasteiger partial charge in [-0.1, -0.05) is 0 Å². The fraction of sp³-hybridized carbons (Fsp3) is 0.400. The van der Waals surface area contributed by atoms with Crippen molar-refractivity contribution in [2.75, 3.05) is 6.73 Å². The zero-order chi connectivity index (χ0) is 16.9. The lowest BCUT2D eigenvalue weighted by atomic mass is 9.98. The van der Waals surface area contributed by atoms with Crippen LogP contribution in [-0.4, -0.2) is 40.6 Å². The third-order valence-corrected chi connectivity index (χ3v) is 2.77. The minimum absolute atomic E-state index is 0.0335. The molecule has 0 bridgehead atoms. The van der Waals surface area contributed by atoms with Crippen LogP contribution in [0.3, 0.4) is 0 Å². The zero-order valence-electron chi connectivity index (χ0n) is 12.7. The van der Waals surface area contributed by atoms with E-state index in [-0.39, 0.29) is 18.2 Å². The molecule has 0 aliphatic rings. The first-order valence-electron chi connectivity index (χ1n) is 6.62. The number of hydrogen-bond donors (Lipinski definition) is 3. The van der Waals surface area contributed by atoms with Crippen molar-refractivity contribution in [3.63, 3.8) is 0 Å². The van der Waals surface area contributed by atoms with E-state index in [9.17, 15) is 14.7 Å². The van der Waals surface area contributed by atoms with E-state index in [4.69, 9.17) is 15.6 Å². The molecule has 1 rings (SSSR count). The van der Waals surface area contributed by atoms with Crippen LogP contribution in [0.5, 0.6) is 5.75 Å². The topological polar surface area (TPSA) is 122 Å². The van der Waals surface area contributed by atoms with Crippen LogP contribution in [0.4, 0.5) is 0 Å². The molecule has 22 heavy (non-hydrogen) atoms. The van der Waals surface area contributed by atoms with E-state index in [1.54, 1.807) is 20.8 Å². The molecule has 0 aliphatic carbocycles. The second-order valence-electron chi connectivity index (χ2n) is 5.72. The van der Waals surface area contributed by atoms with Gasteiger partial charge in [-0.25, -0.2) is 4.99 Å². The molecular weight excluding hydrogens is 288 g/mol. The normalized spacial score (nSPS) is 13.5. The second-order valence-corrected chi connectivity index (χ2v) is 5.72. The molecule has 7 nitrogen and oxygen atoms in total. The van der Waals surface area contributed by atoms with E-state index < -0.39 is 23.4 Å². The molecule has 0 spiro atoms. The highest BCUT2D eigenvalue weighted by Gasteiger charge is 2.24. The number of aliphatic carboxylic acids is 1. The number of esters is 1. The van der Waals surface area contributed by atoms with Crippen LogP contribution >= 0.6 is 0 Å². The van der Waals surface area contributed by atoms with E-state index >= 15 is 0 Å². The first-order valence-corrected chi connectivity index (χ1v) is 6.62. The number of nitrogens with two attached hydrogens (primary N) is 1. The molecule has 1 atom stereocenters. The highest BCUT2D eigenvalue weighted by atomic mass is 16.5. The van der Waals surface area contributed by atoms with Gasteiger partial charge in [-0.05, 0) is 50.6 Å². The number of aromatic hydroxyl groups is 1. The predicted octanol–water partition coefficient (Wildman–Crippen LogP) is 1.14. The molecule has 1 aromatic carbocycles. The number of phenols is 1. The number of nitrogens with zero attached hydrogens (tertiary/aromatic N) is 1. The Morgan fingerprint density at radius 3 is 2.27 bits per heavy atom. The Labute approximate surface area is 128 Å². The molecular formula is C15H20N2O5. The van der Waals surface area contributed by atoms with Crippen molar-refractivity contribution in [3.8, 4) is 5.75 Å². The van der Waals surface area contributed by atoms with E-state index in [1.807, 2.05) is 0 Å². The average molecular weight is 308 g/mol. The average Bonchev–Trinajstić information content (AvgIpc) is 2.42. The summed E-state index contributed by atoms with van der Waals surface area (Å²) in [5, 5.41) is 18.3. The summed E-state index contributed by atoms with van der Waals surface area (Å²) in [7, 11) is 0. The molecule has 0 saturated carbocycles. The van der Waals surface area contributed by atoms with Gasteiger partial charge >= 0.3 is 11.9 Å². The molecule has 0 radical (unpaired) electrons. The fourth-order valence-corrected chi connectivity index (χ4v) is 1.50. The van der Waals surface area contributed by atoms with Gasteiger partial charge in [0.15, 0.2) is 6.73 Å². The zero-order valence-corrected chi connectivity index (χ0v) is 12.7. The van der Waals surface area contributed by atoms with Gasteiger partial charge in [0, 0.05) is 0 Å². The predicted molar refractivity (Wildman–Crippen MR) is 80.7 cm³/mol. The van der Waals surface area contributed by atoms with E-state index in [1.165, 1.54) is 24.3 Å². The first kappa shape index (κ1) is 17.6. The molecule has 1 unspecified atom stereocenters. The van der Waals surface area contributed by atoms with Crippen molar-refractivity contribution >= 4 is 17.7 Å². The number of ether oxygens (including phenoxy) is 1. The van der Waals surface area contributed by atoms with Crippen LogP contribution in [0.25, 0.3) is 0 Å². The van der Waals surface area contributed by atoms with Gasteiger partial charge in [0.25, 0.3) is 0 Å². The van der Waals surface area contributed by atoms with Gasteiger partial charge in [0.2, 0.25) is 0 Å². The van der Waals surface area contributed by atoms with Crippen molar-refractivity contribution < 1.29 is 24.5 Å². The maximum absolute atomic E-state index is 11.7. The van der Waals surface area contributed by atoms with Crippen LogP contribution in [0.15, 0.2) is 29.3 Å². The molecule has 0 heterocycles. The molecule has 7 heteroatoms. The number of rotatable bonds is 5. The summed E-state index contributed by atoms with van der Waals surface area (Å²) in [6.45, 7) is 4.77. The molecule has 0 aliphatic heterocycles. The Hall–Kier alpha value is -2.41. The second kappa shape index (κ2) is 7.04. The summed E-state index contributed by atoms with van der Waals surface area (Å²) in [5.41, 5.74) is 5.42. The molecule has 0 fully saturated rings. The Kier molecular flexibility index (Phi) is 5.64. The lowest BCUT2D eigenvalue weighted by Crippen LogP contribution is -2.39. The Morgan fingerprint density at radius 1 is 1.27 bits per heavy atom. The van der Waals surface area contributed by atoms with Crippen LogP contribution in [0.1, 0.15) is 26.3 Å². The number of carboxylic acid groups (broad SMARTS) is 1. The van der Waals surface area contributed by atoms with E-state index in [2.05, 4.69) is 4.99 Å². The van der Waals surface area contributed by atoms with Gasteiger partial charge in [-0.3, -0.25) is 9.59 Å². The lowest BCUT2D eigenvalue weighted by Gasteiger charge is -2.16. The summed E-state index contributed by atoms with van der Waals surface area (Å²) in [6.07, 6.45) is 0. The van der Waals surface area contributed by atoms with Gasteiger partial charge in [0.05, 0.1) is 11.1 Å². The third kappa shape index (κ3) is 4.85. The van der Waals surface area contributed by atoms with E-state index in [0.717, 1.165) is 0 Å². The summed E-state index contributed by atoms with van der Waals surface area (Å²) < 4.78 is 4.99. The van der Waals surface area contributed by atoms with Crippen molar-refractivity contribution in [2.24, 2.45) is 16.1 Å². The number of carbonyl (C=O) groups excluding carboxylic acids is 1. The minimum atomic E-state index is -1.36. The Balaban J connectivity index is 2.96. The Morgan fingerprint density at radius 2 is 1.82 bits per heavy atom. The van der Waals surface area contributed by atoms with Gasteiger partial charge < -0.3 is 20.7 Å². The van der Waals surface area contributed by atoms with Crippen LogP contribution in [0, 0.1) is 5.41 Å². The van der Waals surface area contributed by atoms with Gasteiger partial charge in [-0.2, -0.15) is 0 Å². The Bertz CT molecular complexity index is 573. The number of phenolic OH excluding ortho intramolecular Hbond substituents is 1. The smallest absolute Gasteiger partial charge is 0.326 e. The van der Waals surface area contributed by atoms with E-state index in [0.29, 0.717) is 5.56 Å². The van der Waals surface area contributed by atoms with Crippen molar-refractivity contribution in [3.05, 3.63) is 29.8 Å². The molecule has 0 amide bonds. The highest BCUT2D eigenvalue weighted by molar-refractivity contribution is 6.14. The summed E-state index contributed by atoms with van der Waals surface area (Å²) in [4.78, 5) is 26.7. The first-order chi connectivity index (χ1) is 10.1. The summed E-state index contributed by atoms with van der Waals surface area (Å²) in [6, 6.07) is 4.39. The lowest BCUT2D eigenvalue weighted by molar-refractivity contribution is -0.152. The van der Waals surface area contributed by atoms with Crippen molar-refractivity contribution in [2.45, 2.75) is 26.8 Å². The van der Waals surface area contributed by atoms with Crippen LogP contribution < -0.4 is 5.73 Å². The summed E-state index contributed by atoms with van der Waals surface area (Å²) in [5.74, 6) is -1.68. The number of benzene rings is 1. The number of carboxylic acids is 1. The molecule has 0 saturated heterocycles. The quantitative estimate of drug-likeness (QED) is 0.554. The van der Waals surface area contributed by atoms with Gasteiger partial charge in [-0.15, -0.1) is 0 Å². The molecule has 4 N–H and O–H groups in total. The highest BCUT2D eigenvalue weighted by Crippen LogP contribution is 2.15. The summed E-state index contributed by atoms with van der Waals surface area (Å²) >= 11 is 0. The number of hydrogen-bond acceptors (Lipinski definition) is 6. The van der Waals surface area contributed by atoms with Crippen LogP contribution in [-0.2, 0) is 14.3 Å². The maximum Gasteiger partial charge on any atom is 0.326 e. The minimum Gasteiger partial charge on any atom is -0.508 e. The van der Waals surface area contributed by atoms with Crippen molar-refractivity contribution in [1.82, 2.24) is 0 Å². The number of carbonyl (C=O) groups is 2. The third-order valence-electron chi connectivity index (χ3n) is 2.77. The molecule has 1 aromatic rings. The molecule has 0 aromatic heterocycles. The standard InChI is InChI=1S/C15H20N2O5/c1-15(2,3)14(21)22-8-17-12(11(16)13(19)20)9-4-6-10(18)7-5-9/h4-7,11,18H,8,16H2,1-3H3,(H,19,20)/b17-12-. The fourth-order valence-electron chi connectivity index (χ4n) is 1.50. The van der Waals surface area contributed by atoms with Crippen LogP contribution in [0.2, 0.25) is 0 Å². The molecule has 120 valence electrons. The largest absolute Gasteiger partial charge is 0.508 e. The number of aliphatic imine (C=N–C) groups is 1. The maximum atomic E-state index is 11.7. The monoisotopic (exact) mass is 308 g/mol. The van der Waals surface area contributed by atoms with Gasteiger partial charge in [0.1, 0.15) is 11.8 Å². The SMILES string of the molecule is CC(C)(C)C(=O)OC/N=C(/c1ccc(O)cc1)C(N)C(=O)O. The van der Waals surface area contributed by atoms with Crippen molar-refractivity contribution in [1.29, 1.82) is 0 Å².